The second-order valence-corrected chi connectivity index (χ2v) is 5.65. The summed E-state index contributed by atoms with van der Waals surface area (Å²) in [6.07, 6.45) is 0. The van der Waals surface area contributed by atoms with E-state index in [-0.39, 0.29) is 30.6 Å². The summed E-state index contributed by atoms with van der Waals surface area (Å²) >= 11 is 0. The molecule has 0 fully saturated rings. The predicted molar refractivity (Wildman–Crippen MR) is 86.7 cm³/mol. The largest absolute Gasteiger partial charge is 0.494 e. The SMILES string of the molecule is COc1ccc(C[NH+](C)CC(=O)NCc2ccccc2F)cc1F. The number of amides is 1. The Hall–Kier alpha value is -2.47. The Labute approximate surface area is 140 Å². The molecule has 0 spiro atoms. The number of halogens is 2. The lowest BCUT2D eigenvalue weighted by Gasteiger charge is -2.14. The third-order valence-electron chi connectivity index (χ3n) is 3.62. The zero-order valence-corrected chi connectivity index (χ0v) is 13.7. The fourth-order valence-corrected chi connectivity index (χ4v) is 2.40. The fraction of sp³-hybridized carbons (Fsp3) is 0.278. The number of hydrogen-bond acceptors (Lipinski definition) is 2. The number of quaternary nitrogens is 1. The van der Waals surface area contributed by atoms with E-state index in [1.807, 2.05) is 7.05 Å². The van der Waals surface area contributed by atoms with Crippen LogP contribution in [0.2, 0.25) is 0 Å². The highest BCUT2D eigenvalue weighted by atomic mass is 19.1. The van der Waals surface area contributed by atoms with Crippen LogP contribution in [0.4, 0.5) is 8.78 Å². The summed E-state index contributed by atoms with van der Waals surface area (Å²) in [5.74, 6) is -0.761. The van der Waals surface area contributed by atoms with Crippen molar-refractivity contribution in [1.29, 1.82) is 0 Å². The number of ether oxygens (including phenoxy) is 1. The molecule has 0 bridgehead atoms. The van der Waals surface area contributed by atoms with Gasteiger partial charge in [0.25, 0.3) is 5.91 Å². The maximum atomic E-state index is 13.7. The normalized spacial score (nSPS) is 11.8. The van der Waals surface area contributed by atoms with Gasteiger partial charge in [-0.25, -0.2) is 8.78 Å². The lowest BCUT2D eigenvalue weighted by atomic mass is 10.2. The molecule has 0 aliphatic rings. The second-order valence-electron chi connectivity index (χ2n) is 5.65. The molecule has 1 amide bonds. The molecular weight excluding hydrogens is 314 g/mol. The summed E-state index contributed by atoms with van der Waals surface area (Å²) in [6, 6.07) is 11.1. The number of carbonyl (C=O) groups is 1. The molecule has 6 heteroatoms. The quantitative estimate of drug-likeness (QED) is 0.801. The van der Waals surface area contributed by atoms with E-state index in [9.17, 15) is 13.6 Å². The van der Waals surface area contributed by atoms with Crippen molar-refractivity contribution in [3.8, 4) is 5.75 Å². The van der Waals surface area contributed by atoms with Crippen LogP contribution in [-0.2, 0) is 17.9 Å². The van der Waals surface area contributed by atoms with Crippen LogP contribution in [0.25, 0.3) is 0 Å². The summed E-state index contributed by atoms with van der Waals surface area (Å²) in [6.45, 7) is 0.853. The van der Waals surface area contributed by atoms with E-state index < -0.39 is 5.82 Å². The highest BCUT2D eigenvalue weighted by Gasteiger charge is 2.12. The molecular formula is C18H21F2N2O2+. The van der Waals surface area contributed by atoms with Gasteiger partial charge in [-0.05, 0) is 24.3 Å². The van der Waals surface area contributed by atoms with Crippen molar-refractivity contribution < 1.29 is 23.2 Å². The molecule has 2 aromatic carbocycles. The molecule has 4 nitrogen and oxygen atoms in total. The molecule has 1 unspecified atom stereocenters. The molecule has 1 atom stereocenters. The molecule has 0 saturated carbocycles. The zero-order valence-electron chi connectivity index (χ0n) is 13.7. The van der Waals surface area contributed by atoms with Crippen molar-refractivity contribution in [3.05, 3.63) is 65.2 Å². The van der Waals surface area contributed by atoms with Crippen LogP contribution < -0.4 is 15.0 Å². The van der Waals surface area contributed by atoms with E-state index in [1.165, 1.54) is 19.2 Å². The first-order valence-electron chi connectivity index (χ1n) is 7.63. The second kappa shape index (κ2) is 8.40. The Morgan fingerprint density at radius 1 is 1.17 bits per heavy atom. The Balaban J connectivity index is 1.83. The van der Waals surface area contributed by atoms with Gasteiger partial charge in [0.05, 0.1) is 14.2 Å². The minimum Gasteiger partial charge on any atom is -0.494 e. The van der Waals surface area contributed by atoms with Gasteiger partial charge in [0.2, 0.25) is 0 Å². The van der Waals surface area contributed by atoms with Gasteiger partial charge in [0.15, 0.2) is 18.1 Å². The van der Waals surface area contributed by atoms with Crippen LogP contribution in [-0.4, -0.2) is 26.6 Å². The number of nitrogens with one attached hydrogen (secondary N) is 2. The Morgan fingerprint density at radius 3 is 2.58 bits per heavy atom. The number of hydrogen-bond donors (Lipinski definition) is 2. The molecule has 24 heavy (non-hydrogen) atoms. The predicted octanol–water partition coefficient (Wildman–Crippen LogP) is 1.30. The summed E-state index contributed by atoms with van der Waals surface area (Å²) in [7, 11) is 3.25. The van der Waals surface area contributed by atoms with Gasteiger partial charge in [-0.1, -0.05) is 18.2 Å². The van der Waals surface area contributed by atoms with Crippen molar-refractivity contribution in [1.82, 2.24) is 5.32 Å². The summed E-state index contributed by atoms with van der Waals surface area (Å²) in [5, 5.41) is 2.69. The van der Waals surface area contributed by atoms with Crippen LogP contribution in [0.15, 0.2) is 42.5 Å². The van der Waals surface area contributed by atoms with Gasteiger partial charge >= 0.3 is 0 Å². The first-order chi connectivity index (χ1) is 11.5. The van der Waals surface area contributed by atoms with Crippen molar-refractivity contribution in [2.75, 3.05) is 20.7 Å². The minimum absolute atomic E-state index is 0.149. The van der Waals surface area contributed by atoms with Crippen LogP contribution in [0, 0.1) is 11.6 Å². The molecule has 0 aromatic heterocycles. The van der Waals surface area contributed by atoms with E-state index in [4.69, 9.17) is 4.74 Å². The van der Waals surface area contributed by atoms with Crippen LogP contribution in [0.1, 0.15) is 11.1 Å². The van der Waals surface area contributed by atoms with Crippen molar-refractivity contribution in [2.45, 2.75) is 13.1 Å². The van der Waals surface area contributed by atoms with Gasteiger partial charge in [-0.3, -0.25) is 4.79 Å². The third-order valence-corrected chi connectivity index (χ3v) is 3.62. The average molecular weight is 335 g/mol. The molecule has 2 aromatic rings. The van der Waals surface area contributed by atoms with Crippen LogP contribution in [0.3, 0.4) is 0 Å². The van der Waals surface area contributed by atoms with E-state index in [0.29, 0.717) is 12.1 Å². The number of rotatable bonds is 7. The average Bonchev–Trinajstić information content (AvgIpc) is 2.54. The first-order valence-corrected chi connectivity index (χ1v) is 7.63. The molecule has 0 heterocycles. The minimum atomic E-state index is -0.424. The third kappa shape index (κ3) is 5.03. The number of carbonyl (C=O) groups excluding carboxylic acids is 1. The molecule has 0 radical (unpaired) electrons. The van der Waals surface area contributed by atoms with Gasteiger partial charge in [-0.15, -0.1) is 0 Å². The van der Waals surface area contributed by atoms with E-state index >= 15 is 0 Å². The van der Waals surface area contributed by atoms with Gasteiger partial charge < -0.3 is 15.0 Å². The van der Waals surface area contributed by atoms with E-state index in [1.54, 1.807) is 30.3 Å². The van der Waals surface area contributed by atoms with Crippen molar-refractivity contribution >= 4 is 5.91 Å². The van der Waals surface area contributed by atoms with E-state index in [0.717, 1.165) is 10.5 Å². The summed E-state index contributed by atoms with van der Waals surface area (Å²) < 4.78 is 32.0. The van der Waals surface area contributed by atoms with Crippen LogP contribution in [0.5, 0.6) is 5.75 Å². The highest BCUT2D eigenvalue weighted by Crippen LogP contribution is 2.17. The molecule has 128 valence electrons. The van der Waals surface area contributed by atoms with Gasteiger partial charge in [0.1, 0.15) is 12.4 Å². The molecule has 0 aliphatic heterocycles. The summed E-state index contributed by atoms with van der Waals surface area (Å²) in [5.41, 5.74) is 1.22. The maximum absolute atomic E-state index is 13.7. The molecule has 2 rings (SSSR count). The molecule has 2 N–H and O–H groups in total. The molecule has 0 saturated heterocycles. The Kier molecular flexibility index (Phi) is 6.26. The topological polar surface area (TPSA) is 42.8 Å². The number of methoxy groups -OCH3 is 1. The standard InChI is InChI=1S/C18H20F2N2O2/c1-22(11-13-7-8-17(24-2)16(20)9-13)12-18(23)21-10-14-5-3-4-6-15(14)19/h3-9H,10-12H2,1-2H3,(H,21,23)/p+1. The van der Waals surface area contributed by atoms with Crippen molar-refractivity contribution in [2.24, 2.45) is 0 Å². The smallest absolute Gasteiger partial charge is 0.275 e. The van der Waals surface area contributed by atoms with Gasteiger partial charge in [0, 0.05) is 17.7 Å². The maximum Gasteiger partial charge on any atom is 0.275 e. The lowest BCUT2D eigenvalue weighted by Crippen LogP contribution is -3.08. The highest BCUT2D eigenvalue weighted by molar-refractivity contribution is 5.76. The first kappa shape index (κ1) is 17.9. The Morgan fingerprint density at radius 2 is 1.92 bits per heavy atom. The zero-order chi connectivity index (χ0) is 17.5. The molecule has 0 aliphatic carbocycles. The Bertz CT molecular complexity index is 707. The number of benzene rings is 2. The van der Waals surface area contributed by atoms with Crippen molar-refractivity contribution in [3.63, 3.8) is 0 Å². The van der Waals surface area contributed by atoms with Crippen LogP contribution >= 0.6 is 0 Å². The number of likely N-dealkylation sites (N-methyl/N-ethyl adjacent to an activating group) is 1. The fourth-order valence-electron chi connectivity index (χ4n) is 2.40. The lowest BCUT2D eigenvalue weighted by molar-refractivity contribution is -0.885. The summed E-state index contributed by atoms with van der Waals surface area (Å²) in [4.78, 5) is 12.8. The van der Waals surface area contributed by atoms with Gasteiger partial charge in [-0.2, -0.15) is 0 Å². The van der Waals surface area contributed by atoms with E-state index in [2.05, 4.69) is 5.32 Å². The monoisotopic (exact) mass is 335 g/mol.